The zero-order valence-electron chi connectivity index (χ0n) is 9.33. The minimum atomic E-state index is 0.492. The number of hydrogen-bond donors (Lipinski definition) is 1. The molecule has 1 fully saturated rings. The Kier molecular flexibility index (Phi) is 3.66. The van der Waals surface area contributed by atoms with Crippen molar-refractivity contribution in [3.63, 3.8) is 0 Å². The maximum Gasteiger partial charge on any atom is 0.191 e. The smallest absolute Gasteiger partial charge is 0.191 e. The van der Waals surface area contributed by atoms with Gasteiger partial charge in [-0.05, 0) is 0 Å². The SMILES string of the molecule is Cn1cnnc1CN=C(N)N1CCSCC1. The van der Waals surface area contributed by atoms with Crippen molar-refractivity contribution >= 4 is 17.7 Å². The van der Waals surface area contributed by atoms with Crippen molar-refractivity contribution in [3.05, 3.63) is 12.2 Å². The van der Waals surface area contributed by atoms with Crippen molar-refractivity contribution in [1.82, 2.24) is 19.7 Å². The fourth-order valence-corrected chi connectivity index (χ4v) is 2.40. The van der Waals surface area contributed by atoms with Gasteiger partial charge in [-0.3, -0.25) is 0 Å². The van der Waals surface area contributed by atoms with Crippen LogP contribution in [0.2, 0.25) is 0 Å². The van der Waals surface area contributed by atoms with Crippen LogP contribution in [-0.2, 0) is 13.6 Å². The van der Waals surface area contributed by atoms with Gasteiger partial charge in [0.15, 0.2) is 11.8 Å². The summed E-state index contributed by atoms with van der Waals surface area (Å²) in [6.07, 6.45) is 1.67. The van der Waals surface area contributed by atoms with Gasteiger partial charge in [-0.25, -0.2) is 4.99 Å². The van der Waals surface area contributed by atoms with E-state index in [-0.39, 0.29) is 0 Å². The van der Waals surface area contributed by atoms with Crippen LogP contribution in [0.15, 0.2) is 11.3 Å². The highest BCUT2D eigenvalue weighted by atomic mass is 32.2. The van der Waals surface area contributed by atoms with Gasteiger partial charge in [-0.1, -0.05) is 0 Å². The normalized spacial score (nSPS) is 17.8. The van der Waals surface area contributed by atoms with Crippen LogP contribution in [0.3, 0.4) is 0 Å². The summed E-state index contributed by atoms with van der Waals surface area (Å²) < 4.78 is 1.85. The Morgan fingerprint density at radius 1 is 1.56 bits per heavy atom. The van der Waals surface area contributed by atoms with Gasteiger partial charge in [0.25, 0.3) is 0 Å². The van der Waals surface area contributed by atoms with E-state index in [9.17, 15) is 0 Å². The van der Waals surface area contributed by atoms with E-state index in [1.165, 1.54) is 0 Å². The fourth-order valence-electron chi connectivity index (χ4n) is 1.49. The molecule has 1 saturated heterocycles. The van der Waals surface area contributed by atoms with E-state index in [4.69, 9.17) is 5.73 Å². The molecule has 1 aliphatic rings. The maximum absolute atomic E-state index is 5.92. The number of aromatic nitrogens is 3. The maximum atomic E-state index is 5.92. The number of nitrogens with two attached hydrogens (primary N) is 1. The largest absolute Gasteiger partial charge is 0.370 e. The lowest BCUT2D eigenvalue weighted by atomic mass is 10.5. The molecule has 2 N–H and O–H groups in total. The van der Waals surface area contributed by atoms with Gasteiger partial charge >= 0.3 is 0 Å². The van der Waals surface area contributed by atoms with E-state index in [1.54, 1.807) is 6.33 Å². The highest BCUT2D eigenvalue weighted by Crippen LogP contribution is 2.08. The minimum Gasteiger partial charge on any atom is -0.370 e. The van der Waals surface area contributed by atoms with Crippen LogP contribution in [0.25, 0.3) is 0 Å². The molecule has 0 aliphatic carbocycles. The molecule has 16 heavy (non-hydrogen) atoms. The number of rotatable bonds is 2. The molecule has 0 saturated carbocycles. The number of thioether (sulfide) groups is 1. The third kappa shape index (κ3) is 2.66. The zero-order valence-corrected chi connectivity index (χ0v) is 10.2. The molecule has 0 spiro atoms. The quantitative estimate of drug-likeness (QED) is 0.566. The average molecular weight is 240 g/mol. The van der Waals surface area contributed by atoms with E-state index in [0.29, 0.717) is 12.5 Å². The summed E-state index contributed by atoms with van der Waals surface area (Å²) in [4.78, 5) is 6.46. The molecule has 7 heteroatoms. The Bertz CT molecular complexity index is 368. The molecule has 1 aliphatic heterocycles. The Morgan fingerprint density at radius 3 is 2.94 bits per heavy atom. The number of guanidine groups is 1. The third-order valence-corrected chi connectivity index (χ3v) is 3.47. The summed E-state index contributed by atoms with van der Waals surface area (Å²) in [5.74, 6) is 3.69. The Labute approximate surface area is 98.9 Å². The van der Waals surface area contributed by atoms with Gasteiger partial charge in [0.2, 0.25) is 0 Å². The molecule has 0 bridgehead atoms. The Hall–Kier alpha value is -1.24. The zero-order chi connectivity index (χ0) is 11.4. The number of hydrogen-bond acceptors (Lipinski definition) is 4. The summed E-state index contributed by atoms with van der Waals surface area (Å²) >= 11 is 1.96. The van der Waals surface area contributed by atoms with Crippen LogP contribution in [-0.4, -0.2) is 50.2 Å². The van der Waals surface area contributed by atoms with Gasteiger partial charge in [0, 0.05) is 31.6 Å². The van der Waals surface area contributed by atoms with Crippen molar-refractivity contribution in [3.8, 4) is 0 Å². The molecule has 0 unspecified atom stereocenters. The van der Waals surface area contributed by atoms with Crippen molar-refractivity contribution < 1.29 is 0 Å². The third-order valence-electron chi connectivity index (χ3n) is 2.52. The molecular formula is C9H16N6S. The Morgan fingerprint density at radius 2 is 2.31 bits per heavy atom. The molecule has 0 amide bonds. The fraction of sp³-hybridized carbons (Fsp3) is 0.667. The van der Waals surface area contributed by atoms with Crippen molar-refractivity contribution in [2.45, 2.75) is 6.54 Å². The molecule has 2 heterocycles. The summed E-state index contributed by atoms with van der Waals surface area (Å²) in [7, 11) is 1.90. The lowest BCUT2D eigenvalue weighted by Crippen LogP contribution is -2.42. The standard InChI is InChI=1S/C9H16N6S/c1-14-7-12-13-8(14)6-11-9(10)15-2-4-16-5-3-15/h7H,2-6H2,1H3,(H2,10,11). The molecule has 0 aromatic carbocycles. The molecule has 88 valence electrons. The van der Waals surface area contributed by atoms with Crippen molar-refractivity contribution in [1.29, 1.82) is 0 Å². The second kappa shape index (κ2) is 5.20. The lowest BCUT2D eigenvalue weighted by Gasteiger charge is -2.27. The predicted octanol–water partition coefficient (Wildman–Crippen LogP) is -0.321. The van der Waals surface area contributed by atoms with E-state index in [2.05, 4.69) is 20.1 Å². The molecule has 0 atom stereocenters. The van der Waals surface area contributed by atoms with Gasteiger partial charge < -0.3 is 15.2 Å². The monoisotopic (exact) mass is 240 g/mol. The van der Waals surface area contributed by atoms with Gasteiger partial charge in [-0.2, -0.15) is 11.8 Å². The predicted molar refractivity (Wildman–Crippen MR) is 65.2 cm³/mol. The van der Waals surface area contributed by atoms with Gasteiger partial charge in [0.1, 0.15) is 12.9 Å². The minimum absolute atomic E-state index is 0.492. The van der Waals surface area contributed by atoms with Gasteiger partial charge in [-0.15, -0.1) is 10.2 Å². The number of nitrogens with zero attached hydrogens (tertiary/aromatic N) is 5. The van der Waals surface area contributed by atoms with Crippen LogP contribution >= 0.6 is 11.8 Å². The van der Waals surface area contributed by atoms with E-state index in [0.717, 1.165) is 30.4 Å². The number of aliphatic imine (C=N–C) groups is 1. The molecule has 0 radical (unpaired) electrons. The molecular weight excluding hydrogens is 224 g/mol. The Balaban J connectivity index is 1.93. The molecule has 2 rings (SSSR count). The van der Waals surface area contributed by atoms with E-state index in [1.807, 2.05) is 23.4 Å². The average Bonchev–Trinajstić information content (AvgIpc) is 2.73. The van der Waals surface area contributed by atoms with Crippen molar-refractivity contribution in [2.24, 2.45) is 17.8 Å². The van der Waals surface area contributed by atoms with Crippen LogP contribution in [0.4, 0.5) is 0 Å². The molecule has 1 aromatic rings. The van der Waals surface area contributed by atoms with E-state index >= 15 is 0 Å². The van der Waals surface area contributed by atoms with Crippen LogP contribution in [0.1, 0.15) is 5.82 Å². The first-order chi connectivity index (χ1) is 7.77. The van der Waals surface area contributed by atoms with E-state index < -0.39 is 0 Å². The highest BCUT2D eigenvalue weighted by Gasteiger charge is 2.12. The molecule has 6 nitrogen and oxygen atoms in total. The summed E-state index contributed by atoms with van der Waals surface area (Å²) in [6, 6.07) is 0. The topological polar surface area (TPSA) is 72.3 Å². The first-order valence-electron chi connectivity index (χ1n) is 5.23. The summed E-state index contributed by atoms with van der Waals surface area (Å²) in [5.41, 5.74) is 5.92. The highest BCUT2D eigenvalue weighted by molar-refractivity contribution is 7.99. The first kappa shape index (κ1) is 11.3. The summed E-state index contributed by atoms with van der Waals surface area (Å²) in [6.45, 7) is 2.46. The number of aryl methyl sites for hydroxylation is 1. The van der Waals surface area contributed by atoms with Crippen molar-refractivity contribution in [2.75, 3.05) is 24.6 Å². The van der Waals surface area contributed by atoms with Gasteiger partial charge in [0.05, 0.1) is 0 Å². The van der Waals surface area contributed by atoms with Crippen LogP contribution < -0.4 is 5.73 Å². The van der Waals surface area contributed by atoms with Crippen LogP contribution in [0, 0.1) is 0 Å². The second-order valence-corrected chi connectivity index (χ2v) is 4.86. The molecule has 1 aromatic heterocycles. The lowest BCUT2D eigenvalue weighted by molar-refractivity contribution is 0.455. The van der Waals surface area contributed by atoms with Crippen LogP contribution in [0.5, 0.6) is 0 Å². The summed E-state index contributed by atoms with van der Waals surface area (Å²) in [5, 5.41) is 7.76. The second-order valence-electron chi connectivity index (χ2n) is 3.63. The first-order valence-corrected chi connectivity index (χ1v) is 6.38.